The monoisotopic (exact) mass is 232 g/mol. The fraction of sp³-hybridized carbons (Fsp3) is 0.167. The molecule has 0 saturated carbocycles. The van der Waals surface area contributed by atoms with Crippen LogP contribution < -0.4 is 10.3 Å². The van der Waals surface area contributed by atoms with Gasteiger partial charge < -0.3 is 4.74 Å². The molecule has 0 aliphatic heterocycles. The number of hydrogen-bond donors (Lipinski definition) is 1. The summed E-state index contributed by atoms with van der Waals surface area (Å²) in [7, 11) is 3.15. The molecule has 1 N–H and O–H groups in total. The van der Waals surface area contributed by atoms with Crippen LogP contribution in [0.3, 0.4) is 0 Å². The van der Waals surface area contributed by atoms with Crippen molar-refractivity contribution < 1.29 is 9.53 Å². The summed E-state index contributed by atoms with van der Waals surface area (Å²) in [6, 6.07) is 7.12. The summed E-state index contributed by atoms with van der Waals surface area (Å²) in [6.07, 6.45) is 0.568. The SMILES string of the molecule is COc1ccc(-c2[nH]n(C)c(=O)c2C=O)cc1. The topological polar surface area (TPSA) is 64.1 Å². The Morgan fingerprint density at radius 2 is 1.94 bits per heavy atom. The first-order valence-electron chi connectivity index (χ1n) is 5.06. The molecule has 1 heterocycles. The molecule has 0 unspecified atom stereocenters. The number of aromatic amines is 1. The summed E-state index contributed by atoms with van der Waals surface area (Å²) in [5.41, 5.74) is 1.10. The van der Waals surface area contributed by atoms with Crippen molar-refractivity contribution in [2.24, 2.45) is 7.05 Å². The zero-order chi connectivity index (χ0) is 12.4. The number of nitrogens with zero attached hydrogens (tertiary/aromatic N) is 1. The van der Waals surface area contributed by atoms with Gasteiger partial charge in [-0.2, -0.15) is 0 Å². The zero-order valence-electron chi connectivity index (χ0n) is 9.56. The Kier molecular flexibility index (Phi) is 2.82. The van der Waals surface area contributed by atoms with Crippen LogP contribution in [0.25, 0.3) is 11.3 Å². The number of H-pyrrole nitrogens is 1. The number of rotatable bonds is 3. The predicted octanol–water partition coefficient (Wildman–Crippen LogP) is 1.20. The van der Waals surface area contributed by atoms with Crippen LogP contribution in [0.4, 0.5) is 0 Å². The first kappa shape index (κ1) is 11.2. The summed E-state index contributed by atoms with van der Waals surface area (Å²) in [4.78, 5) is 22.5. The maximum atomic E-state index is 11.6. The molecule has 2 aromatic rings. The molecule has 1 aromatic carbocycles. The van der Waals surface area contributed by atoms with Gasteiger partial charge in [-0.15, -0.1) is 0 Å². The normalized spacial score (nSPS) is 10.2. The molecular weight excluding hydrogens is 220 g/mol. The quantitative estimate of drug-likeness (QED) is 0.809. The van der Waals surface area contributed by atoms with Crippen molar-refractivity contribution >= 4 is 6.29 Å². The number of methoxy groups -OCH3 is 1. The highest BCUT2D eigenvalue weighted by Crippen LogP contribution is 2.21. The molecule has 0 aliphatic rings. The first-order chi connectivity index (χ1) is 8.17. The second kappa shape index (κ2) is 4.29. The fourth-order valence-corrected chi connectivity index (χ4v) is 1.65. The van der Waals surface area contributed by atoms with Gasteiger partial charge in [0.1, 0.15) is 11.3 Å². The van der Waals surface area contributed by atoms with E-state index in [0.29, 0.717) is 12.0 Å². The van der Waals surface area contributed by atoms with Crippen molar-refractivity contribution in [2.45, 2.75) is 0 Å². The lowest BCUT2D eigenvalue weighted by molar-refractivity contribution is 0.112. The van der Waals surface area contributed by atoms with Gasteiger partial charge in [0.2, 0.25) is 0 Å². The van der Waals surface area contributed by atoms with Gasteiger partial charge in [-0.3, -0.25) is 19.4 Å². The fourth-order valence-electron chi connectivity index (χ4n) is 1.65. The average Bonchev–Trinajstić information content (AvgIpc) is 2.65. The Balaban J connectivity index is 2.56. The molecule has 0 fully saturated rings. The van der Waals surface area contributed by atoms with Crippen LogP contribution in [0.1, 0.15) is 10.4 Å². The van der Waals surface area contributed by atoms with Crippen molar-refractivity contribution in [2.75, 3.05) is 7.11 Å². The third-order valence-electron chi connectivity index (χ3n) is 2.58. The standard InChI is InChI=1S/C12H12N2O3/c1-14-12(16)10(7-15)11(13-14)8-3-5-9(17-2)6-4-8/h3-7,13H,1-2H3. The summed E-state index contributed by atoms with van der Waals surface area (Å²) < 4.78 is 6.32. The second-order valence-corrected chi connectivity index (χ2v) is 3.61. The van der Waals surface area contributed by atoms with Gasteiger partial charge in [-0.25, -0.2) is 0 Å². The number of aryl methyl sites for hydroxylation is 1. The second-order valence-electron chi connectivity index (χ2n) is 3.61. The number of nitrogens with one attached hydrogen (secondary N) is 1. The molecule has 0 radical (unpaired) electrons. The van der Waals surface area contributed by atoms with Gasteiger partial charge in [0.05, 0.1) is 12.8 Å². The summed E-state index contributed by atoms with van der Waals surface area (Å²) >= 11 is 0. The number of hydrogen-bond acceptors (Lipinski definition) is 3. The van der Waals surface area contributed by atoms with Crippen LogP contribution >= 0.6 is 0 Å². The Hall–Kier alpha value is -2.30. The molecule has 0 bridgehead atoms. The van der Waals surface area contributed by atoms with Crippen molar-refractivity contribution in [3.63, 3.8) is 0 Å². The molecule has 17 heavy (non-hydrogen) atoms. The molecule has 5 nitrogen and oxygen atoms in total. The van der Waals surface area contributed by atoms with Gasteiger partial charge in [0, 0.05) is 12.6 Å². The van der Waals surface area contributed by atoms with E-state index in [1.165, 1.54) is 4.68 Å². The molecule has 88 valence electrons. The highest BCUT2D eigenvalue weighted by Gasteiger charge is 2.12. The average molecular weight is 232 g/mol. The van der Waals surface area contributed by atoms with Crippen molar-refractivity contribution in [1.82, 2.24) is 9.78 Å². The minimum atomic E-state index is -0.328. The molecule has 5 heteroatoms. The van der Waals surface area contributed by atoms with E-state index in [4.69, 9.17) is 4.74 Å². The number of ether oxygens (including phenoxy) is 1. The molecule has 1 aromatic heterocycles. The highest BCUT2D eigenvalue weighted by molar-refractivity contribution is 5.85. The molecule has 0 aliphatic carbocycles. The van der Waals surface area contributed by atoms with Crippen LogP contribution in [0.2, 0.25) is 0 Å². The van der Waals surface area contributed by atoms with E-state index in [0.717, 1.165) is 11.3 Å². The van der Waals surface area contributed by atoms with Gasteiger partial charge in [-0.1, -0.05) is 0 Å². The predicted molar refractivity (Wildman–Crippen MR) is 63.4 cm³/mol. The minimum Gasteiger partial charge on any atom is -0.497 e. The van der Waals surface area contributed by atoms with Crippen LogP contribution in [0.5, 0.6) is 5.75 Å². The number of carbonyl (C=O) groups excluding carboxylic acids is 1. The van der Waals surface area contributed by atoms with Gasteiger partial charge in [-0.05, 0) is 24.3 Å². The van der Waals surface area contributed by atoms with Crippen LogP contribution in [-0.2, 0) is 7.05 Å². The van der Waals surface area contributed by atoms with Crippen molar-refractivity contribution in [3.8, 4) is 17.0 Å². The van der Waals surface area contributed by atoms with E-state index in [9.17, 15) is 9.59 Å². The lowest BCUT2D eigenvalue weighted by Gasteiger charge is -2.01. The van der Waals surface area contributed by atoms with Gasteiger partial charge in [0.15, 0.2) is 6.29 Å². The van der Waals surface area contributed by atoms with E-state index >= 15 is 0 Å². The van der Waals surface area contributed by atoms with Crippen molar-refractivity contribution in [1.29, 1.82) is 0 Å². The van der Waals surface area contributed by atoms with Crippen LogP contribution in [0, 0.1) is 0 Å². The highest BCUT2D eigenvalue weighted by atomic mass is 16.5. The summed E-state index contributed by atoms with van der Waals surface area (Å²) in [5, 5.41) is 2.85. The van der Waals surface area contributed by atoms with E-state index in [1.54, 1.807) is 38.4 Å². The zero-order valence-corrected chi connectivity index (χ0v) is 9.56. The Morgan fingerprint density at radius 1 is 1.29 bits per heavy atom. The first-order valence-corrected chi connectivity index (χ1v) is 5.06. The van der Waals surface area contributed by atoms with Gasteiger partial charge >= 0.3 is 0 Å². The molecule has 2 rings (SSSR count). The van der Waals surface area contributed by atoms with Crippen LogP contribution in [-0.4, -0.2) is 23.2 Å². The number of benzene rings is 1. The lowest BCUT2D eigenvalue weighted by atomic mass is 10.1. The van der Waals surface area contributed by atoms with E-state index in [-0.39, 0.29) is 11.1 Å². The minimum absolute atomic E-state index is 0.137. The number of aromatic nitrogens is 2. The Bertz CT molecular complexity index is 593. The summed E-state index contributed by atoms with van der Waals surface area (Å²) in [6.45, 7) is 0. The van der Waals surface area contributed by atoms with E-state index in [2.05, 4.69) is 5.10 Å². The van der Waals surface area contributed by atoms with E-state index < -0.39 is 0 Å². The molecular formula is C12H12N2O3. The van der Waals surface area contributed by atoms with E-state index in [1.807, 2.05) is 0 Å². The molecule has 0 saturated heterocycles. The van der Waals surface area contributed by atoms with Gasteiger partial charge in [0.25, 0.3) is 5.56 Å². The maximum absolute atomic E-state index is 11.6. The Labute approximate surface area is 97.6 Å². The third kappa shape index (κ3) is 1.87. The van der Waals surface area contributed by atoms with Crippen molar-refractivity contribution in [3.05, 3.63) is 40.2 Å². The number of aldehydes is 1. The Morgan fingerprint density at radius 3 is 2.47 bits per heavy atom. The molecule has 0 spiro atoms. The largest absolute Gasteiger partial charge is 0.497 e. The van der Waals surface area contributed by atoms with Crippen LogP contribution in [0.15, 0.2) is 29.1 Å². The molecule has 0 atom stereocenters. The molecule has 0 amide bonds. The third-order valence-corrected chi connectivity index (χ3v) is 2.58. The smallest absolute Gasteiger partial charge is 0.277 e. The summed E-state index contributed by atoms with van der Waals surface area (Å²) in [5.74, 6) is 0.722. The number of carbonyl (C=O) groups is 1. The lowest BCUT2D eigenvalue weighted by Crippen LogP contribution is -2.14. The maximum Gasteiger partial charge on any atom is 0.277 e.